The van der Waals surface area contributed by atoms with Crippen LogP contribution in [0.1, 0.15) is 47.7 Å². The van der Waals surface area contributed by atoms with E-state index in [2.05, 4.69) is 54.3 Å². The summed E-state index contributed by atoms with van der Waals surface area (Å²) in [6.07, 6.45) is 3.76. The summed E-state index contributed by atoms with van der Waals surface area (Å²) in [5, 5.41) is 0. The van der Waals surface area contributed by atoms with Gasteiger partial charge in [0, 0.05) is 30.8 Å². The molecule has 3 rings (SSSR count). The van der Waals surface area contributed by atoms with Gasteiger partial charge in [0.2, 0.25) is 0 Å². The molecule has 0 fully saturated rings. The number of carbonyl (C=O) groups excluding carboxylic acids is 1. The maximum Gasteiger partial charge on any atom is 0.162 e. The summed E-state index contributed by atoms with van der Waals surface area (Å²) in [5.41, 5.74) is 4.82. The zero-order chi connectivity index (χ0) is 15.4. The van der Waals surface area contributed by atoms with Gasteiger partial charge in [0.05, 0.1) is 0 Å². The molecule has 0 atom stereocenters. The molecule has 1 aliphatic rings. The van der Waals surface area contributed by atoms with Gasteiger partial charge in [-0.05, 0) is 42.2 Å². The lowest BCUT2D eigenvalue weighted by Gasteiger charge is -2.19. The van der Waals surface area contributed by atoms with Gasteiger partial charge in [0.1, 0.15) is 0 Å². The molecule has 0 unspecified atom stereocenters. The minimum absolute atomic E-state index is 0.283. The number of fused-ring (bicyclic) bond motifs is 1. The van der Waals surface area contributed by atoms with E-state index in [9.17, 15) is 4.79 Å². The second-order valence-corrected chi connectivity index (χ2v) is 6.03. The third-order valence-corrected chi connectivity index (χ3v) is 4.37. The highest BCUT2D eigenvalue weighted by molar-refractivity contribution is 5.96. The fourth-order valence-electron chi connectivity index (χ4n) is 3.09. The van der Waals surface area contributed by atoms with Crippen molar-refractivity contribution in [2.75, 3.05) is 11.4 Å². The van der Waals surface area contributed by atoms with Gasteiger partial charge in [0.25, 0.3) is 0 Å². The molecule has 0 aliphatic carbocycles. The lowest BCUT2D eigenvalue weighted by atomic mass is 10.0. The van der Waals surface area contributed by atoms with Crippen LogP contribution in [0.15, 0.2) is 48.5 Å². The Morgan fingerprint density at radius 3 is 2.73 bits per heavy atom. The Balaban J connectivity index is 1.74. The van der Waals surface area contributed by atoms with Crippen molar-refractivity contribution in [2.24, 2.45) is 0 Å². The van der Waals surface area contributed by atoms with Crippen LogP contribution >= 0.6 is 0 Å². The van der Waals surface area contributed by atoms with Gasteiger partial charge in [-0.15, -0.1) is 0 Å². The minimum Gasteiger partial charge on any atom is -0.367 e. The number of carbonyl (C=O) groups is 1. The lowest BCUT2D eigenvalue weighted by molar-refractivity contribution is 0.0979. The molecule has 2 heteroatoms. The Hall–Kier alpha value is -2.09. The standard InChI is InChI=1S/C20H23NO/c1-2-3-9-20(22)18-10-11-19-17(14-18)12-13-21(19)15-16-7-5-4-6-8-16/h4-8,10-11,14H,2-3,9,12-13,15H2,1H3. The van der Waals surface area contributed by atoms with Gasteiger partial charge in [-0.3, -0.25) is 4.79 Å². The summed E-state index contributed by atoms with van der Waals surface area (Å²) in [5.74, 6) is 0.283. The fraction of sp³-hybridized carbons (Fsp3) is 0.350. The summed E-state index contributed by atoms with van der Waals surface area (Å²) < 4.78 is 0. The molecule has 0 saturated carbocycles. The molecule has 22 heavy (non-hydrogen) atoms. The van der Waals surface area contributed by atoms with Crippen LogP contribution in [0.2, 0.25) is 0 Å². The molecule has 1 heterocycles. The molecule has 0 spiro atoms. The summed E-state index contributed by atoms with van der Waals surface area (Å²) in [4.78, 5) is 14.6. The fourth-order valence-corrected chi connectivity index (χ4v) is 3.09. The van der Waals surface area contributed by atoms with Crippen LogP contribution in [-0.2, 0) is 13.0 Å². The molecule has 0 aromatic heterocycles. The van der Waals surface area contributed by atoms with Gasteiger partial charge in [-0.2, -0.15) is 0 Å². The number of hydrogen-bond acceptors (Lipinski definition) is 2. The average molecular weight is 293 g/mol. The highest BCUT2D eigenvalue weighted by Crippen LogP contribution is 2.30. The van der Waals surface area contributed by atoms with Crippen LogP contribution in [-0.4, -0.2) is 12.3 Å². The van der Waals surface area contributed by atoms with Crippen molar-refractivity contribution < 1.29 is 4.79 Å². The van der Waals surface area contributed by atoms with Crippen molar-refractivity contribution >= 4 is 11.5 Å². The van der Waals surface area contributed by atoms with Gasteiger partial charge in [-0.25, -0.2) is 0 Å². The van der Waals surface area contributed by atoms with Crippen molar-refractivity contribution in [3.8, 4) is 0 Å². The van der Waals surface area contributed by atoms with Crippen molar-refractivity contribution in [3.05, 3.63) is 65.2 Å². The summed E-state index contributed by atoms with van der Waals surface area (Å²) in [6, 6.07) is 16.8. The van der Waals surface area contributed by atoms with Crippen molar-refractivity contribution in [3.63, 3.8) is 0 Å². The zero-order valence-corrected chi connectivity index (χ0v) is 13.2. The molecule has 1 aliphatic heterocycles. The number of unbranched alkanes of at least 4 members (excludes halogenated alkanes) is 1. The van der Waals surface area contributed by atoms with Crippen LogP contribution in [0.3, 0.4) is 0 Å². The SMILES string of the molecule is CCCCC(=O)c1ccc2c(c1)CCN2Cc1ccccc1. The van der Waals surface area contributed by atoms with Crippen LogP contribution in [0, 0.1) is 0 Å². The van der Waals surface area contributed by atoms with Crippen LogP contribution in [0.4, 0.5) is 5.69 Å². The van der Waals surface area contributed by atoms with E-state index in [-0.39, 0.29) is 5.78 Å². The Kier molecular flexibility index (Phi) is 4.57. The Morgan fingerprint density at radius 2 is 1.95 bits per heavy atom. The van der Waals surface area contributed by atoms with Crippen molar-refractivity contribution in [1.82, 2.24) is 0 Å². The van der Waals surface area contributed by atoms with Crippen LogP contribution < -0.4 is 4.90 Å². The first-order chi connectivity index (χ1) is 10.8. The van der Waals surface area contributed by atoms with E-state index in [0.717, 1.165) is 37.9 Å². The van der Waals surface area contributed by atoms with E-state index in [1.807, 2.05) is 6.07 Å². The van der Waals surface area contributed by atoms with Crippen molar-refractivity contribution in [1.29, 1.82) is 0 Å². The molecular formula is C20H23NO. The third-order valence-electron chi connectivity index (χ3n) is 4.37. The van der Waals surface area contributed by atoms with Gasteiger partial charge >= 0.3 is 0 Å². The molecule has 0 bridgehead atoms. The average Bonchev–Trinajstić information content (AvgIpc) is 2.96. The molecule has 2 aromatic rings. The first-order valence-electron chi connectivity index (χ1n) is 8.23. The molecule has 114 valence electrons. The number of benzene rings is 2. The summed E-state index contributed by atoms with van der Waals surface area (Å²) in [6.45, 7) is 4.10. The number of rotatable bonds is 6. The monoisotopic (exact) mass is 293 g/mol. The van der Waals surface area contributed by atoms with E-state index in [0.29, 0.717) is 6.42 Å². The van der Waals surface area contributed by atoms with Crippen LogP contribution in [0.5, 0.6) is 0 Å². The van der Waals surface area contributed by atoms with E-state index < -0.39 is 0 Å². The third kappa shape index (κ3) is 3.22. The van der Waals surface area contributed by atoms with Crippen molar-refractivity contribution in [2.45, 2.75) is 39.2 Å². The van der Waals surface area contributed by atoms with E-state index in [4.69, 9.17) is 0 Å². The number of nitrogens with zero attached hydrogens (tertiary/aromatic N) is 1. The smallest absolute Gasteiger partial charge is 0.162 e. The quantitative estimate of drug-likeness (QED) is 0.724. The highest BCUT2D eigenvalue weighted by atomic mass is 16.1. The predicted molar refractivity (Wildman–Crippen MR) is 91.5 cm³/mol. The first-order valence-corrected chi connectivity index (χ1v) is 8.23. The molecule has 0 amide bonds. The predicted octanol–water partition coefficient (Wildman–Crippen LogP) is 4.62. The Bertz CT molecular complexity index is 648. The second kappa shape index (κ2) is 6.78. The highest BCUT2D eigenvalue weighted by Gasteiger charge is 2.20. The Morgan fingerprint density at radius 1 is 1.14 bits per heavy atom. The zero-order valence-electron chi connectivity index (χ0n) is 13.2. The molecule has 0 saturated heterocycles. The van der Waals surface area contributed by atoms with Crippen LogP contribution in [0.25, 0.3) is 0 Å². The molecule has 0 radical (unpaired) electrons. The number of hydrogen-bond donors (Lipinski definition) is 0. The molecular weight excluding hydrogens is 270 g/mol. The van der Waals surface area contributed by atoms with Gasteiger partial charge in [0.15, 0.2) is 5.78 Å². The first kappa shape index (κ1) is 14.8. The van der Waals surface area contributed by atoms with Gasteiger partial charge in [-0.1, -0.05) is 43.7 Å². The normalized spacial score (nSPS) is 13.2. The van der Waals surface area contributed by atoms with E-state index >= 15 is 0 Å². The summed E-state index contributed by atoms with van der Waals surface area (Å²) in [7, 11) is 0. The maximum absolute atomic E-state index is 12.2. The number of Topliss-reactive ketones (excluding diaryl/α,β-unsaturated/α-hetero) is 1. The minimum atomic E-state index is 0.283. The molecule has 0 N–H and O–H groups in total. The largest absolute Gasteiger partial charge is 0.367 e. The second-order valence-electron chi connectivity index (χ2n) is 6.03. The molecule has 2 nitrogen and oxygen atoms in total. The maximum atomic E-state index is 12.2. The Labute approximate surface area is 132 Å². The summed E-state index contributed by atoms with van der Waals surface area (Å²) >= 11 is 0. The van der Waals surface area contributed by atoms with Gasteiger partial charge < -0.3 is 4.90 Å². The number of ketones is 1. The van der Waals surface area contributed by atoms with E-state index in [1.54, 1.807) is 0 Å². The lowest BCUT2D eigenvalue weighted by Crippen LogP contribution is -2.19. The molecule has 2 aromatic carbocycles. The number of anilines is 1. The van der Waals surface area contributed by atoms with E-state index in [1.165, 1.54) is 16.8 Å². The topological polar surface area (TPSA) is 20.3 Å².